The lowest BCUT2D eigenvalue weighted by Gasteiger charge is -2.62. The highest BCUT2D eigenvalue weighted by Gasteiger charge is 2.60. The van der Waals surface area contributed by atoms with Crippen LogP contribution in [0.15, 0.2) is 24.3 Å². The second-order valence-corrected chi connectivity index (χ2v) is 15.5. The smallest absolute Gasteiger partial charge is 0.411 e. The Kier molecular flexibility index (Phi) is 8.48. The minimum atomic E-state index is -0.331. The maximum Gasteiger partial charge on any atom is 0.411 e. The van der Waals surface area contributed by atoms with Crippen molar-refractivity contribution in [2.75, 3.05) is 11.9 Å². The Morgan fingerprint density at radius 3 is 2.38 bits per heavy atom. The van der Waals surface area contributed by atoms with E-state index in [4.69, 9.17) is 4.74 Å². The number of anilines is 1. The normalized spacial score (nSPS) is 37.9. The zero-order valence-corrected chi connectivity index (χ0v) is 26.0. The molecule has 4 unspecified atom stereocenters. The number of nitrogens with one attached hydrogen (secondary N) is 1. The molecule has 4 aliphatic carbocycles. The molecule has 0 spiro atoms. The lowest BCUT2D eigenvalue weighted by Crippen LogP contribution is -2.55. The highest BCUT2D eigenvalue weighted by molar-refractivity contribution is 5.84. The second-order valence-electron chi connectivity index (χ2n) is 15.5. The van der Waals surface area contributed by atoms with E-state index in [1.54, 1.807) is 0 Å². The minimum absolute atomic E-state index is 0.111. The van der Waals surface area contributed by atoms with E-state index in [0.29, 0.717) is 17.4 Å². The number of hydrogen-bond acceptors (Lipinski definition) is 2. The number of hydrogen-bond donors (Lipinski definition) is 1. The number of ether oxygens (including phenoxy) is 1. The molecule has 0 heterocycles. The molecule has 3 heteroatoms. The van der Waals surface area contributed by atoms with Gasteiger partial charge in [0.2, 0.25) is 0 Å². The van der Waals surface area contributed by atoms with E-state index in [-0.39, 0.29) is 11.5 Å². The van der Waals surface area contributed by atoms with E-state index < -0.39 is 0 Å². The summed E-state index contributed by atoms with van der Waals surface area (Å²) in [4.78, 5) is 12.3. The summed E-state index contributed by atoms with van der Waals surface area (Å²) in [6, 6.07) is 8.11. The lowest BCUT2D eigenvalue weighted by atomic mass is 9.42. The Hall–Kier alpha value is -1.51. The first kappa shape index (κ1) is 29.0. The molecule has 1 aromatic rings. The number of carbonyl (C=O) groups excluding carboxylic acids is 1. The number of carbonyl (C=O) groups is 1. The number of unbranched alkanes of at least 4 members (excludes halogenated alkanes) is 1. The van der Waals surface area contributed by atoms with Crippen LogP contribution in [-0.2, 0) is 10.2 Å². The molecule has 39 heavy (non-hydrogen) atoms. The molecule has 1 amide bonds. The molecule has 0 saturated heterocycles. The molecule has 0 aliphatic heterocycles. The van der Waals surface area contributed by atoms with Crippen LogP contribution in [0.5, 0.6) is 0 Å². The Morgan fingerprint density at radius 1 is 0.923 bits per heavy atom. The maximum atomic E-state index is 12.3. The van der Waals surface area contributed by atoms with Crippen molar-refractivity contribution < 1.29 is 9.53 Å². The van der Waals surface area contributed by atoms with Crippen molar-refractivity contribution in [3.63, 3.8) is 0 Å². The summed E-state index contributed by atoms with van der Waals surface area (Å²) in [5.74, 6) is 5.73. The Bertz CT molecular complexity index is 979. The minimum Gasteiger partial charge on any atom is -0.449 e. The van der Waals surface area contributed by atoms with E-state index in [0.717, 1.165) is 47.6 Å². The molecule has 1 aromatic carbocycles. The first-order valence-electron chi connectivity index (χ1n) is 16.6. The van der Waals surface area contributed by atoms with Gasteiger partial charge in [-0.2, -0.15) is 0 Å². The fourth-order valence-electron chi connectivity index (χ4n) is 10.5. The predicted molar refractivity (Wildman–Crippen MR) is 163 cm³/mol. The van der Waals surface area contributed by atoms with Crippen LogP contribution in [-0.4, -0.2) is 12.7 Å². The third kappa shape index (κ3) is 5.67. The number of rotatable bonds is 7. The third-order valence-corrected chi connectivity index (χ3v) is 12.7. The zero-order chi connectivity index (χ0) is 27.8. The average molecular weight is 536 g/mol. The van der Waals surface area contributed by atoms with Crippen molar-refractivity contribution in [2.24, 2.45) is 46.3 Å². The van der Waals surface area contributed by atoms with Gasteiger partial charge in [-0.05, 0) is 134 Å². The highest BCUT2D eigenvalue weighted by atomic mass is 16.5. The standard InChI is InChI=1S/C36H57NO2/c1-7-25-24-29-31-19-16-27(35(31,5)22-20-32(29)36(6)21-10-8-13-30(25)36)12-9-11-23-39-33(38)37-28-17-14-26(15-18-28)34(2,3)4/h14-15,17-18,25,27,29-32H,7-13,16,19-24H2,1-6H3,(H,37,38)/t25-,27?,29?,30-,31?,32-,35?,36-/m0/s1. The van der Waals surface area contributed by atoms with Gasteiger partial charge in [0.15, 0.2) is 0 Å². The van der Waals surface area contributed by atoms with Crippen LogP contribution in [0, 0.1) is 46.3 Å². The molecule has 3 nitrogen and oxygen atoms in total. The fourth-order valence-corrected chi connectivity index (χ4v) is 10.5. The lowest BCUT2D eigenvalue weighted by molar-refractivity contribution is -0.135. The SMILES string of the molecule is CC[C@H]1CC2C3CCC(CCCCOC(=O)Nc4ccc(C(C)(C)C)cc4)C3(C)CC[C@@H]2[C@@]2(C)CCCC[C@@H]12. The van der Waals surface area contributed by atoms with Crippen molar-refractivity contribution in [2.45, 2.75) is 130 Å². The summed E-state index contributed by atoms with van der Waals surface area (Å²) < 4.78 is 5.55. The van der Waals surface area contributed by atoms with Gasteiger partial charge in [-0.15, -0.1) is 0 Å². The summed E-state index contributed by atoms with van der Waals surface area (Å²) in [6.45, 7) is 15.0. The molecule has 5 rings (SSSR count). The first-order valence-corrected chi connectivity index (χ1v) is 16.6. The molecule has 4 saturated carbocycles. The largest absolute Gasteiger partial charge is 0.449 e. The van der Waals surface area contributed by atoms with Gasteiger partial charge in [0.1, 0.15) is 0 Å². The van der Waals surface area contributed by atoms with E-state index in [2.05, 4.69) is 59.0 Å². The van der Waals surface area contributed by atoms with Crippen molar-refractivity contribution in [3.8, 4) is 0 Å². The topological polar surface area (TPSA) is 38.3 Å². The van der Waals surface area contributed by atoms with Crippen molar-refractivity contribution in [1.29, 1.82) is 0 Å². The molecule has 4 aliphatic rings. The van der Waals surface area contributed by atoms with E-state index >= 15 is 0 Å². The van der Waals surface area contributed by atoms with Crippen LogP contribution in [0.1, 0.15) is 131 Å². The van der Waals surface area contributed by atoms with Crippen LogP contribution in [0.4, 0.5) is 10.5 Å². The molecule has 1 N–H and O–H groups in total. The molecular formula is C36H57NO2. The van der Waals surface area contributed by atoms with Crippen molar-refractivity contribution in [1.82, 2.24) is 0 Å². The number of amides is 1. The molecule has 8 atom stereocenters. The summed E-state index contributed by atoms with van der Waals surface area (Å²) >= 11 is 0. The van der Waals surface area contributed by atoms with Crippen LogP contribution < -0.4 is 5.32 Å². The molecule has 0 bridgehead atoms. The van der Waals surface area contributed by atoms with E-state index in [1.165, 1.54) is 82.6 Å². The van der Waals surface area contributed by atoms with Gasteiger partial charge < -0.3 is 4.74 Å². The van der Waals surface area contributed by atoms with Crippen LogP contribution in [0.3, 0.4) is 0 Å². The molecular weight excluding hydrogens is 478 g/mol. The molecule has 4 fully saturated rings. The molecule has 0 aromatic heterocycles. The van der Waals surface area contributed by atoms with Crippen molar-refractivity contribution in [3.05, 3.63) is 29.8 Å². The maximum absolute atomic E-state index is 12.3. The van der Waals surface area contributed by atoms with Crippen LogP contribution >= 0.6 is 0 Å². The van der Waals surface area contributed by atoms with Gasteiger partial charge in [0, 0.05) is 5.69 Å². The Labute approximate surface area is 239 Å². The summed E-state index contributed by atoms with van der Waals surface area (Å²) in [5, 5.41) is 2.89. The highest BCUT2D eigenvalue weighted by Crippen LogP contribution is 2.69. The first-order chi connectivity index (χ1) is 18.6. The van der Waals surface area contributed by atoms with Crippen LogP contribution in [0.25, 0.3) is 0 Å². The number of fused-ring (bicyclic) bond motifs is 5. The predicted octanol–water partition coefficient (Wildman–Crippen LogP) is 10.4. The molecule has 218 valence electrons. The van der Waals surface area contributed by atoms with Crippen molar-refractivity contribution >= 4 is 11.8 Å². The Morgan fingerprint density at radius 2 is 1.67 bits per heavy atom. The summed E-state index contributed by atoms with van der Waals surface area (Å²) in [7, 11) is 0. The van der Waals surface area contributed by atoms with Gasteiger partial charge in [-0.3, -0.25) is 5.32 Å². The third-order valence-electron chi connectivity index (χ3n) is 12.7. The quantitative estimate of drug-likeness (QED) is 0.353. The zero-order valence-electron chi connectivity index (χ0n) is 26.0. The summed E-state index contributed by atoms with van der Waals surface area (Å²) in [6.07, 6.45) is 17.8. The Balaban J connectivity index is 1.09. The average Bonchev–Trinajstić information content (AvgIpc) is 3.23. The summed E-state index contributed by atoms with van der Waals surface area (Å²) in [5.41, 5.74) is 3.33. The monoisotopic (exact) mass is 535 g/mol. The fraction of sp³-hybridized carbons (Fsp3) is 0.806. The van der Waals surface area contributed by atoms with E-state index in [9.17, 15) is 4.79 Å². The van der Waals surface area contributed by atoms with Gasteiger partial charge in [-0.1, -0.05) is 72.9 Å². The second kappa shape index (κ2) is 11.4. The number of benzene rings is 1. The van der Waals surface area contributed by atoms with Gasteiger partial charge in [0.05, 0.1) is 6.61 Å². The van der Waals surface area contributed by atoms with Gasteiger partial charge in [-0.25, -0.2) is 4.79 Å². The molecule has 0 radical (unpaired) electrons. The van der Waals surface area contributed by atoms with Gasteiger partial charge >= 0.3 is 6.09 Å². The van der Waals surface area contributed by atoms with Gasteiger partial charge in [0.25, 0.3) is 0 Å². The van der Waals surface area contributed by atoms with E-state index in [1.807, 2.05) is 12.1 Å². The van der Waals surface area contributed by atoms with Crippen LogP contribution in [0.2, 0.25) is 0 Å².